The quantitative estimate of drug-likeness (QED) is 0.941. The van der Waals surface area contributed by atoms with Gasteiger partial charge < -0.3 is 9.88 Å². The molecule has 2 heterocycles. The number of carbonyl (C=O) groups excluding carboxylic acids is 1. The monoisotopic (exact) mass is 297 g/mol. The highest BCUT2D eigenvalue weighted by molar-refractivity contribution is 7.17. The van der Waals surface area contributed by atoms with Crippen LogP contribution >= 0.6 is 22.9 Å². The van der Waals surface area contributed by atoms with E-state index in [2.05, 4.69) is 24.1 Å². The second kappa shape index (κ2) is 5.75. The number of rotatable bonds is 4. The van der Waals surface area contributed by atoms with Gasteiger partial charge in [0.1, 0.15) is 5.82 Å². The highest BCUT2D eigenvalue weighted by atomic mass is 35.5. The lowest BCUT2D eigenvalue weighted by Crippen LogP contribution is -2.33. The second-order valence-corrected chi connectivity index (χ2v) is 6.41. The normalized spacial score (nSPS) is 12.7. The summed E-state index contributed by atoms with van der Waals surface area (Å²) in [6.07, 6.45) is 3.61. The van der Waals surface area contributed by atoms with E-state index in [-0.39, 0.29) is 17.9 Å². The fourth-order valence-electron chi connectivity index (χ4n) is 1.85. The number of amides is 1. The Morgan fingerprint density at radius 1 is 1.47 bits per heavy atom. The molecule has 0 aliphatic rings. The Bertz CT molecular complexity index is 576. The first-order valence-electron chi connectivity index (χ1n) is 6.02. The van der Waals surface area contributed by atoms with Gasteiger partial charge in [-0.15, -0.1) is 11.3 Å². The minimum absolute atomic E-state index is 0.112. The second-order valence-electron chi connectivity index (χ2n) is 4.70. The summed E-state index contributed by atoms with van der Waals surface area (Å²) >= 11 is 7.13. The Balaban J connectivity index is 2.18. The lowest BCUT2D eigenvalue weighted by molar-refractivity contribution is 0.0926. The van der Waals surface area contributed by atoms with Crippen LogP contribution in [-0.2, 0) is 7.05 Å². The Kier molecular flexibility index (Phi) is 4.27. The standard InChI is InChI=1S/C13H16ClN3OS/c1-8(2)11(12-15-6-7-17(12)3)16-13(18)9-4-5-10(14)19-9/h4-8,11H,1-3H3,(H,16,18). The smallest absolute Gasteiger partial charge is 0.261 e. The average Bonchev–Trinajstić information content (AvgIpc) is 2.94. The third kappa shape index (κ3) is 3.16. The summed E-state index contributed by atoms with van der Waals surface area (Å²) in [6.45, 7) is 4.11. The van der Waals surface area contributed by atoms with Crippen molar-refractivity contribution in [2.24, 2.45) is 13.0 Å². The number of hydrogen-bond donors (Lipinski definition) is 1. The predicted molar refractivity (Wildman–Crippen MR) is 77.6 cm³/mol. The number of nitrogens with zero attached hydrogens (tertiary/aromatic N) is 2. The van der Waals surface area contributed by atoms with E-state index >= 15 is 0 Å². The van der Waals surface area contributed by atoms with Crippen molar-refractivity contribution in [2.45, 2.75) is 19.9 Å². The summed E-state index contributed by atoms with van der Waals surface area (Å²) in [5.41, 5.74) is 0. The first kappa shape index (κ1) is 14.1. The highest BCUT2D eigenvalue weighted by Crippen LogP contribution is 2.24. The summed E-state index contributed by atoms with van der Waals surface area (Å²) in [6, 6.07) is 3.35. The Labute approximate surface area is 121 Å². The van der Waals surface area contributed by atoms with Crippen LogP contribution in [-0.4, -0.2) is 15.5 Å². The van der Waals surface area contributed by atoms with Gasteiger partial charge in [-0.1, -0.05) is 25.4 Å². The van der Waals surface area contributed by atoms with E-state index < -0.39 is 0 Å². The molecule has 0 radical (unpaired) electrons. The maximum Gasteiger partial charge on any atom is 0.261 e. The molecular formula is C13H16ClN3OS. The predicted octanol–water partition coefficient (Wildman–Crippen LogP) is 3.26. The minimum Gasteiger partial charge on any atom is -0.341 e. The van der Waals surface area contributed by atoms with Crippen molar-refractivity contribution >= 4 is 28.8 Å². The molecule has 4 nitrogen and oxygen atoms in total. The van der Waals surface area contributed by atoms with Crippen molar-refractivity contribution in [3.8, 4) is 0 Å². The fraction of sp³-hybridized carbons (Fsp3) is 0.385. The first-order valence-corrected chi connectivity index (χ1v) is 7.22. The molecule has 0 fully saturated rings. The third-order valence-electron chi connectivity index (χ3n) is 2.89. The van der Waals surface area contributed by atoms with Gasteiger partial charge in [-0.3, -0.25) is 4.79 Å². The van der Waals surface area contributed by atoms with Gasteiger partial charge >= 0.3 is 0 Å². The molecule has 2 rings (SSSR count). The van der Waals surface area contributed by atoms with Crippen molar-refractivity contribution in [3.63, 3.8) is 0 Å². The van der Waals surface area contributed by atoms with Gasteiger partial charge in [-0.05, 0) is 18.1 Å². The fourth-order valence-corrected chi connectivity index (χ4v) is 2.80. The van der Waals surface area contributed by atoms with Crippen LogP contribution < -0.4 is 5.32 Å². The van der Waals surface area contributed by atoms with Gasteiger partial charge in [0.2, 0.25) is 0 Å². The molecule has 1 atom stereocenters. The lowest BCUT2D eigenvalue weighted by Gasteiger charge is -2.21. The largest absolute Gasteiger partial charge is 0.341 e. The molecule has 2 aromatic rings. The number of nitrogens with one attached hydrogen (secondary N) is 1. The summed E-state index contributed by atoms with van der Waals surface area (Å²) in [5, 5.41) is 3.02. The highest BCUT2D eigenvalue weighted by Gasteiger charge is 2.23. The zero-order chi connectivity index (χ0) is 14.0. The van der Waals surface area contributed by atoms with E-state index in [1.54, 1.807) is 18.3 Å². The molecule has 0 saturated carbocycles. The van der Waals surface area contributed by atoms with Gasteiger partial charge in [0.05, 0.1) is 15.3 Å². The number of hydrogen-bond acceptors (Lipinski definition) is 3. The number of imidazole rings is 1. The molecule has 1 unspecified atom stereocenters. The number of thiophene rings is 1. The van der Waals surface area contributed by atoms with E-state index in [0.29, 0.717) is 9.21 Å². The molecule has 1 amide bonds. The Morgan fingerprint density at radius 3 is 2.68 bits per heavy atom. The van der Waals surface area contributed by atoms with Crippen molar-refractivity contribution in [1.29, 1.82) is 0 Å². The van der Waals surface area contributed by atoms with Crippen molar-refractivity contribution < 1.29 is 4.79 Å². The van der Waals surface area contributed by atoms with Crippen LogP contribution in [0.25, 0.3) is 0 Å². The molecule has 102 valence electrons. The molecule has 2 aromatic heterocycles. The number of aromatic nitrogens is 2. The maximum atomic E-state index is 12.2. The molecular weight excluding hydrogens is 282 g/mol. The summed E-state index contributed by atoms with van der Waals surface area (Å²) < 4.78 is 2.54. The summed E-state index contributed by atoms with van der Waals surface area (Å²) in [7, 11) is 1.92. The summed E-state index contributed by atoms with van der Waals surface area (Å²) in [5.74, 6) is 0.991. The minimum atomic E-state index is -0.117. The Morgan fingerprint density at radius 2 is 2.21 bits per heavy atom. The van der Waals surface area contributed by atoms with Gasteiger partial charge in [0.25, 0.3) is 5.91 Å². The maximum absolute atomic E-state index is 12.2. The summed E-state index contributed by atoms with van der Waals surface area (Å²) in [4.78, 5) is 17.1. The zero-order valence-corrected chi connectivity index (χ0v) is 12.6. The van der Waals surface area contributed by atoms with Crippen LogP contribution in [0.2, 0.25) is 4.34 Å². The lowest BCUT2D eigenvalue weighted by atomic mass is 10.0. The molecule has 0 saturated heterocycles. The van der Waals surface area contributed by atoms with Gasteiger partial charge in [0, 0.05) is 19.4 Å². The molecule has 0 bridgehead atoms. The SMILES string of the molecule is CC(C)C(NC(=O)c1ccc(Cl)s1)c1nccn1C. The third-order valence-corrected chi connectivity index (χ3v) is 4.12. The van der Waals surface area contributed by atoms with E-state index in [9.17, 15) is 4.79 Å². The van der Waals surface area contributed by atoms with E-state index in [4.69, 9.17) is 11.6 Å². The van der Waals surface area contributed by atoms with Gasteiger partial charge in [-0.2, -0.15) is 0 Å². The van der Waals surface area contributed by atoms with Gasteiger partial charge in [-0.25, -0.2) is 4.98 Å². The van der Waals surface area contributed by atoms with Crippen LogP contribution in [0.5, 0.6) is 0 Å². The Hall–Kier alpha value is -1.33. The molecule has 19 heavy (non-hydrogen) atoms. The van der Waals surface area contributed by atoms with Crippen LogP contribution in [0.15, 0.2) is 24.5 Å². The molecule has 6 heteroatoms. The molecule has 0 aliphatic carbocycles. The molecule has 0 aromatic carbocycles. The van der Waals surface area contributed by atoms with E-state index in [0.717, 1.165) is 5.82 Å². The van der Waals surface area contributed by atoms with Gasteiger partial charge in [0.15, 0.2) is 0 Å². The number of aryl methyl sites for hydroxylation is 1. The van der Waals surface area contributed by atoms with E-state index in [1.807, 2.05) is 17.8 Å². The topological polar surface area (TPSA) is 46.9 Å². The number of halogens is 1. The van der Waals surface area contributed by atoms with E-state index in [1.165, 1.54) is 11.3 Å². The van der Waals surface area contributed by atoms with Crippen LogP contribution in [0, 0.1) is 5.92 Å². The number of carbonyl (C=O) groups is 1. The zero-order valence-electron chi connectivity index (χ0n) is 11.1. The first-order chi connectivity index (χ1) is 8.99. The van der Waals surface area contributed by atoms with Crippen LogP contribution in [0.4, 0.5) is 0 Å². The molecule has 0 aliphatic heterocycles. The van der Waals surface area contributed by atoms with Crippen molar-refractivity contribution in [1.82, 2.24) is 14.9 Å². The molecule has 0 spiro atoms. The van der Waals surface area contributed by atoms with Crippen LogP contribution in [0.1, 0.15) is 35.4 Å². The molecule has 1 N–H and O–H groups in total. The van der Waals surface area contributed by atoms with Crippen molar-refractivity contribution in [2.75, 3.05) is 0 Å². The van der Waals surface area contributed by atoms with Crippen LogP contribution in [0.3, 0.4) is 0 Å². The van der Waals surface area contributed by atoms with Crippen molar-refractivity contribution in [3.05, 3.63) is 39.6 Å². The average molecular weight is 298 g/mol.